The van der Waals surface area contributed by atoms with E-state index in [9.17, 15) is 14.4 Å². The smallest absolute Gasteiger partial charge is 0.253 e. The summed E-state index contributed by atoms with van der Waals surface area (Å²) in [5, 5.41) is 10.4. The van der Waals surface area contributed by atoms with E-state index in [1.165, 1.54) is 17.0 Å². The number of nitrogens with two attached hydrogens (primary N) is 1. The summed E-state index contributed by atoms with van der Waals surface area (Å²) >= 11 is 0. The molecular weight excluding hydrogens is 439 g/mol. The van der Waals surface area contributed by atoms with Crippen LogP contribution in [0.5, 0.6) is 0 Å². The molecule has 0 saturated carbocycles. The average Bonchev–Trinajstić information content (AvgIpc) is 2.78. The number of nitriles is 1. The Bertz CT molecular complexity index is 1430. The van der Waals surface area contributed by atoms with E-state index in [0.717, 1.165) is 33.2 Å². The topological polar surface area (TPSA) is 83.0 Å². The minimum absolute atomic E-state index is 0.0839. The first-order chi connectivity index (χ1) is 16.5. The summed E-state index contributed by atoms with van der Waals surface area (Å²) in [6.45, 7) is 13.5. The van der Waals surface area contributed by atoms with Gasteiger partial charge >= 0.3 is 0 Å². The lowest BCUT2D eigenvalue weighted by atomic mass is 9.99. The van der Waals surface area contributed by atoms with Crippen molar-refractivity contribution < 1.29 is 9.18 Å². The Labute approximate surface area is 205 Å². The van der Waals surface area contributed by atoms with Gasteiger partial charge in [-0.2, -0.15) is 5.26 Å². The first-order valence-electron chi connectivity index (χ1n) is 11.1. The minimum atomic E-state index is -0.373. The molecule has 0 aliphatic carbocycles. The predicted octanol–water partition coefficient (Wildman–Crippen LogP) is 5.50. The molecule has 0 unspecified atom stereocenters. The minimum Gasteiger partial charge on any atom is -0.402 e. The Kier molecular flexibility index (Phi) is 7.51. The van der Waals surface area contributed by atoms with E-state index in [-0.39, 0.29) is 23.8 Å². The van der Waals surface area contributed by atoms with Crippen molar-refractivity contribution in [1.82, 2.24) is 9.88 Å². The van der Waals surface area contributed by atoms with Crippen molar-refractivity contribution >= 4 is 22.4 Å². The number of hydrogen-bond donors (Lipinski definition) is 1. The van der Waals surface area contributed by atoms with Gasteiger partial charge in [0.25, 0.3) is 5.91 Å². The third-order valence-electron chi connectivity index (χ3n) is 5.75. The number of nitrogens with zero attached hydrogens (tertiary/aromatic N) is 3. The second-order valence-corrected chi connectivity index (χ2v) is 8.96. The van der Waals surface area contributed by atoms with Gasteiger partial charge in [0.1, 0.15) is 11.9 Å². The SMILES string of the molecule is C=C(/C=C(\N)Cc1cc(C#N)c2ncc(C)cc2c1)C(=O)N(C)Cc1cc(C(=C)C)c(C)cc1F. The molecular formula is C29H29FN4O. The predicted molar refractivity (Wildman–Crippen MR) is 139 cm³/mol. The van der Waals surface area contributed by atoms with Crippen LogP contribution in [0.15, 0.2) is 67.0 Å². The maximum atomic E-state index is 14.5. The molecule has 178 valence electrons. The molecule has 0 spiro atoms. The molecule has 2 aromatic carbocycles. The molecule has 0 atom stereocenters. The van der Waals surface area contributed by atoms with Crippen molar-refractivity contribution in [2.24, 2.45) is 5.73 Å². The van der Waals surface area contributed by atoms with E-state index in [2.05, 4.69) is 24.2 Å². The highest BCUT2D eigenvalue weighted by Crippen LogP contribution is 2.23. The number of carbonyl (C=O) groups is 1. The Morgan fingerprint density at radius 3 is 2.60 bits per heavy atom. The standard InChI is InChI=1S/C29H29FN4O/c1-17(2)26-13-24(27(30)9-19(26)4)16-34(6)29(35)20(5)8-25(32)12-21-10-22-7-18(3)15-33-28(22)23(11-21)14-31/h7-11,13,15H,1,5,12,16,32H2,2-4,6H3/b25-8-. The maximum absolute atomic E-state index is 14.5. The highest BCUT2D eigenvalue weighted by molar-refractivity contribution is 5.95. The summed E-state index contributed by atoms with van der Waals surface area (Å²) in [7, 11) is 1.59. The lowest BCUT2D eigenvalue weighted by molar-refractivity contribution is -0.126. The molecule has 3 rings (SSSR count). The van der Waals surface area contributed by atoms with Crippen molar-refractivity contribution in [3.05, 3.63) is 106 Å². The quantitative estimate of drug-likeness (QED) is 0.367. The molecule has 1 heterocycles. The molecule has 0 radical (unpaired) electrons. The van der Waals surface area contributed by atoms with E-state index in [1.54, 1.807) is 25.4 Å². The number of benzene rings is 2. The van der Waals surface area contributed by atoms with Crippen molar-refractivity contribution in [2.75, 3.05) is 7.05 Å². The van der Waals surface area contributed by atoms with Gasteiger partial charge in [-0.1, -0.05) is 18.7 Å². The van der Waals surface area contributed by atoms with E-state index in [1.807, 2.05) is 32.9 Å². The number of carbonyl (C=O) groups excluding carboxylic acids is 1. The van der Waals surface area contributed by atoms with Crippen LogP contribution < -0.4 is 5.73 Å². The third-order valence-corrected chi connectivity index (χ3v) is 5.75. The largest absolute Gasteiger partial charge is 0.402 e. The summed E-state index contributed by atoms with van der Waals surface area (Å²) in [5.41, 5.74) is 12.7. The van der Waals surface area contributed by atoms with Crippen LogP contribution in [0.3, 0.4) is 0 Å². The first kappa shape index (κ1) is 25.4. The monoisotopic (exact) mass is 468 g/mol. The normalized spacial score (nSPS) is 11.3. The summed E-state index contributed by atoms with van der Waals surface area (Å²) in [6.07, 6.45) is 3.59. The van der Waals surface area contributed by atoms with Gasteiger partial charge in [-0.15, -0.1) is 0 Å². The number of aromatic nitrogens is 1. The van der Waals surface area contributed by atoms with Crippen molar-refractivity contribution in [3.8, 4) is 6.07 Å². The highest BCUT2D eigenvalue weighted by atomic mass is 19.1. The number of aryl methyl sites for hydroxylation is 2. The number of likely N-dealkylation sites (N-methyl/N-ethyl adjacent to an activating group) is 1. The van der Waals surface area contributed by atoms with Crippen molar-refractivity contribution in [1.29, 1.82) is 5.26 Å². The molecule has 0 aliphatic heterocycles. The van der Waals surface area contributed by atoms with Gasteiger partial charge in [0.2, 0.25) is 0 Å². The fourth-order valence-electron chi connectivity index (χ4n) is 4.05. The Hall–Kier alpha value is -4.24. The number of fused-ring (bicyclic) bond motifs is 1. The fourth-order valence-corrected chi connectivity index (χ4v) is 4.05. The molecule has 1 amide bonds. The fraction of sp³-hybridized carbons (Fsp3) is 0.207. The van der Waals surface area contributed by atoms with Gasteiger partial charge in [0.15, 0.2) is 0 Å². The molecule has 6 heteroatoms. The molecule has 0 saturated heterocycles. The van der Waals surface area contributed by atoms with Crippen LogP contribution in [-0.2, 0) is 17.8 Å². The second kappa shape index (κ2) is 10.4. The number of allylic oxidation sites excluding steroid dienone is 2. The Morgan fingerprint density at radius 1 is 1.23 bits per heavy atom. The zero-order chi connectivity index (χ0) is 25.9. The van der Waals surface area contributed by atoms with Crippen LogP contribution in [-0.4, -0.2) is 22.8 Å². The van der Waals surface area contributed by atoms with Gasteiger partial charge in [0, 0.05) is 48.4 Å². The zero-order valence-electron chi connectivity index (χ0n) is 20.6. The summed E-state index contributed by atoms with van der Waals surface area (Å²) in [4.78, 5) is 18.6. The van der Waals surface area contributed by atoms with E-state index < -0.39 is 0 Å². The third kappa shape index (κ3) is 5.82. The first-order valence-corrected chi connectivity index (χ1v) is 11.1. The Balaban J connectivity index is 1.76. The average molecular weight is 469 g/mol. The number of halogens is 1. The number of hydrogen-bond acceptors (Lipinski definition) is 4. The van der Waals surface area contributed by atoms with Gasteiger partial charge in [-0.05, 0) is 79.4 Å². The van der Waals surface area contributed by atoms with Crippen LogP contribution in [0.25, 0.3) is 16.5 Å². The number of amides is 1. The number of rotatable bonds is 7. The van der Waals surface area contributed by atoms with E-state index in [4.69, 9.17) is 5.73 Å². The van der Waals surface area contributed by atoms with Crippen molar-refractivity contribution in [3.63, 3.8) is 0 Å². The van der Waals surface area contributed by atoms with Crippen LogP contribution in [0.4, 0.5) is 4.39 Å². The second-order valence-electron chi connectivity index (χ2n) is 8.96. The van der Waals surface area contributed by atoms with Gasteiger partial charge in [0.05, 0.1) is 11.1 Å². The van der Waals surface area contributed by atoms with Crippen molar-refractivity contribution in [2.45, 2.75) is 33.7 Å². The zero-order valence-corrected chi connectivity index (χ0v) is 20.6. The van der Waals surface area contributed by atoms with E-state index in [0.29, 0.717) is 28.8 Å². The van der Waals surface area contributed by atoms with Gasteiger partial charge in [-0.3, -0.25) is 9.78 Å². The summed E-state index contributed by atoms with van der Waals surface area (Å²) in [6, 6.07) is 11.0. The maximum Gasteiger partial charge on any atom is 0.253 e. The molecule has 1 aromatic heterocycles. The van der Waals surface area contributed by atoms with Crippen LogP contribution >= 0.6 is 0 Å². The molecule has 35 heavy (non-hydrogen) atoms. The molecule has 5 nitrogen and oxygen atoms in total. The molecule has 0 aliphatic rings. The highest BCUT2D eigenvalue weighted by Gasteiger charge is 2.16. The summed E-state index contributed by atoms with van der Waals surface area (Å²) < 4.78 is 14.5. The molecule has 2 N–H and O–H groups in total. The molecule has 0 bridgehead atoms. The lowest BCUT2D eigenvalue weighted by Crippen LogP contribution is -2.27. The Morgan fingerprint density at radius 2 is 1.94 bits per heavy atom. The van der Waals surface area contributed by atoms with Crippen LogP contribution in [0.2, 0.25) is 0 Å². The van der Waals surface area contributed by atoms with Gasteiger partial charge in [-0.25, -0.2) is 4.39 Å². The molecule has 3 aromatic rings. The van der Waals surface area contributed by atoms with Crippen LogP contribution in [0, 0.1) is 31.0 Å². The van der Waals surface area contributed by atoms with Gasteiger partial charge < -0.3 is 10.6 Å². The van der Waals surface area contributed by atoms with E-state index >= 15 is 0 Å². The molecule has 0 fully saturated rings. The number of pyridine rings is 1. The van der Waals surface area contributed by atoms with Crippen LogP contribution in [0.1, 0.15) is 40.3 Å². The summed E-state index contributed by atoms with van der Waals surface area (Å²) in [5.74, 6) is -0.733. The lowest BCUT2D eigenvalue weighted by Gasteiger charge is -2.19.